The summed E-state index contributed by atoms with van der Waals surface area (Å²) in [7, 11) is 0. The summed E-state index contributed by atoms with van der Waals surface area (Å²) in [5.74, 6) is 1.31. The molecule has 6 heteroatoms. The van der Waals surface area contributed by atoms with E-state index in [0.717, 1.165) is 19.7 Å². The first-order valence-electron chi connectivity index (χ1n) is 5.94. The molecule has 1 unspecified atom stereocenters. The second kappa shape index (κ2) is 5.79. The minimum Gasteiger partial charge on any atom is -0.374 e. The summed E-state index contributed by atoms with van der Waals surface area (Å²) >= 11 is 0. The van der Waals surface area contributed by atoms with Crippen LogP contribution in [0.5, 0.6) is 0 Å². The molecule has 3 N–H and O–H groups in total. The van der Waals surface area contributed by atoms with Gasteiger partial charge in [0.25, 0.3) is 5.56 Å². The molecule has 0 spiro atoms. The van der Waals surface area contributed by atoms with E-state index in [1.54, 1.807) is 0 Å². The van der Waals surface area contributed by atoms with Crippen LogP contribution in [0.25, 0.3) is 0 Å². The number of rotatable bonds is 4. The van der Waals surface area contributed by atoms with Gasteiger partial charge in [-0.05, 0) is 0 Å². The van der Waals surface area contributed by atoms with Crippen LogP contribution in [0, 0.1) is 0 Å². The number of nitrogens with one attached hydrogen (secondary N) is 3. The maximum atomic E-state index is 11.3. The largest absolute Gasteiger partial charge is 0.374 e. The van der Waals surface area contributed by atoms with Crippen LogP contribution in [0.4, 0.5) is 5.82 Å². The van der Waals surface area contributed by atoms with E-state index in [1.807, 2.05) is 6.92 Å². The van der Waals surface area contributed by atoms with Gasteiger partial charge in [-0.15, -0.1) is 0 Å². The van der Waals surface area contributed by atoms with E-state index in [0.29, 0.717) is 24.6 Å². The molecule has 1 aliphatic rings. The monoisotopic (exact) mass is 238 g/mol. The third kappa shape index (κ3) is 3.54. The SMILES string of the molecule is CCc1nc(NCC2CNCCO2)cc(=O)[nH]1. The molecule has 17 heavy (non-hydrogen) atoms. The number of anilines is 1. The first-order valence-corrected chi connectivity index (χ1v) is 5.94. The predicted molar refractivity (Wildman–Crippen MR) is 65.3 cm³/mol. The number of hydrogen-bond donors (Lipinski definition) is 3. The smallest absolute Gasteiger partial charge is 0.252 e. The molecule has 6 nitrogen and oxygen atoms in total. The van der Waals surface area contributed by atoms with Crippen molar-refractivity contribution in [1.29, 1.82) is 0 Å². The number of morpholine rings is 1. The zero-order chi connectivity index (χ0) is 12.1. The molecule has 1 saturated heterocycles. The summed E-state index contributed by atoms with van der Waals surface area (Å²) in [5, 5.41) is 6.39. The van der Waals surface area contributed by atoms with Crippen molar-refractivity contribution in [3.8, 4) is 0 Å². The highest BCUT2D eigenvalue weighted by Gasteiger charge is 2.13. The van der Waals surface area contributed by atoms with Crippen LogP contribution >= 0.6 is 0 Å². The summed E-state index contributed by atoms with van der Waals surface area (Å²) in [6, 6.07) is 1.47. The second-order valence-electron chi connectivity index (χ2n) is 4.01. The Morgan fingerprint density at radius 2 is 2.53 bits per heavy atom. The van der Waals surface area contributed by atoms with E-state index in [-0.39, 0.29) is 11.7 Å². The van der Waals surface area contributed by atoms with E-state index >= 15 is 0 Å². The molecular weight excluding hydrogens is 220 g/mol. The lowest BCUT2D eigenvalue weighted by Crippen LogP contribution is -2.42. The highest BCUT2D eigenvalue weighted by Crippen LogP contribution is 2.02. The van der Waals surface area contributed by atoms with Crippen LogP contribution in [-0.4, -0.2) is 42.3 Å². The number of H-pyrrole nitrogens is 1. The van der Waals surface area contributed by atoms with E-state index in [9.17, 15) is 4.79 Å². The average Bonchev–Trinajstić information content (AvgIpc) is 2.37. The molecule has 1 fully saturated rings. The van der Waals surface area contributed by atoms with E-state index < -0.39 is 0 Å². The van der Waals surface area contributed by atoms with Gasteiger partial charge in [-0.3, -0.25) is 4.79 Å². The van der Waals surface area contributed by atoms with Gasteiger partial charge >= 0.3 is 0 Å². The first-order chi connectivity index (χ1) is 8.28. The predicted octanol–water partition coefficient (Wildman–Crippen LogP) is -0.267. The summed E-state index contributed by atoms with van der Waals surface area (Å²) in [4.78, 5) is 18.3. The molecule has 0 radical (unpaired) electrons. The van der Waals surface area contributed by atoms with Crippen molar-refractivity contribution >= 4 is 5.82 Å². The van der Waals surface area contributed by atoms with Gasteiger partial charge < -0.3 is 20.4 Å². The van der Waals surface area contributed by atoms with Crippen LogP contribution in [0.2, 0.25) is 0 Å². The highest BCUT2D eigenvalue weighted by atomic mass is 16.5. The van der Waals surface area contributed by atoms with Gasteiger partial charge in [-0.1, -0.05) is 6.92 Å². The summed E-state index contributed by atoms with van der Waals surface area (Å²) in [6.45, 7) is 5.08. The molecule has 1 atom stereocenters. The fraction of sp³-hybridized carbons (Fsp3) is 0.636. The fourth-order valence-electron chi connectivity index (χ4n) is 1.74. The van der Waals surface area contributed by atoms with Crippen LogP contribution in [0.1, 0.15) is 12.7 Å². The third-order valence-corrected chi connectivity index (χ3v) is 2.64. The Kier molecular flexibility index (Phi) is 4.11. The summed E-state index contributed by atoms with van der Waals surface area (Å²) in [5.41, 5.74) is -0.123. The molecule has 1 aromatic rings. The molecule has 2 heterocycles. The first kappa shape index (κ1) is 12.1. The molecule has 2 rings (SSSR count). The lowest BCUT2D eigenvalue weighted by Gasteiger charge is -2.23. The number of hydrogen-bond acceptors (Lipinski definition) is 5. The molecule has 0 saturated carbocycles. The molecule has 94 valence electrons. The second-order valence-corrected chi connectivity index (χ2v) is 4.01. The topological polar surface area (TPSA) is 79.0 Å². The van der Waals surface area contributed by atoms with Crippen LogP contribution in [0.3, 0.4) is 0 Å². The Bertz CT molecular complexity index is 412. The Morgan fingerprint density at radius 1 is 1.65 bits per heavy atom. The number of aromatic amines is 1. The van der Waals surface area contributed by atoms with Gasteiger partial charge in [-0.25, -0.2) is 4.98 Å². The minimum atomic E-state index is -0.123. The summed E-state index contributed by atoms with van der Waals surface area (Å²) in [6.07, 6.45) is 0.849. The minimum absolute atomic E-state index is 0.123. The van der Waals surface area contributed by atoms with Gasteiger partial charge in [0.1, 0.15) is 11.6 Å². The van der Waals surface area contributed by atoms with Gasteiger partial charge in [0.05, 0.1) is 12.7 Å². The zero-order valence-corrected chi connectivity index (χ0v) is 9.95. The third-order valence-electron chi connectivity index (χ3n) is 2.64. The normalized spacial score (nSPS) is 20.2. The van der Waals surface area contributed by atoms with Crippen molar-refractivity contribution in [2.75, 3.05) is 31.6 Å². The lowest BCUT2D eigenvalue weighted by molar-refractivity contribution is 0.0372. The zero-order valence-electron chi connectivity index (χ0n) is 9.95. The Morgan fingerprint density at radius 3 is 3.24 bits per heavy atom. The molecule has 1 aliphatic heterocycles. The van der Waals surface area contributed by atoms with Crippen LogP contribution in [-0.2, 0) is 11.2 Å². The van der Waals surface area contributed by atoms with E-state index in [4.69, 9.17) is 4.74 Å². The molecule has 0 amide bonds. The molecule has 1 aromatic heterocycles. The number of ether oxygens (including phenoxy) is 1. The number of aryl methyl sites for hydroxylation is 1. The maximum Gasteiger partial charge on any atom is 0.252 e. The Balaban J connectivity index is 1.93. The standard InChI is InChI=1S/C11H18N4O2/c1-2-9-14-10(5-11(16)15-9)13-7-8-6-12-3-4-17-8/h5,8,12H,2-4,6-7H2,1H3,(H2,13,14,15,16). The molecular formula is C11H18N4O2. The quantitative estimate of drug-likeness (QED) is 0.673. The average molecular weight is 238 g/mol. The number of aromatic nitrogens is 2. The highest BCUT2D eigenvalue weighted by molar-refractivity contribution is 5.33. The van der Waals surface area contributed by atoms with Crippen LogP contribution < -0.4 is 16.2 Å². The summed E-state index contributed by atoms with van der Waals surface area (Å²) < 4.78 is 5.55. The van der Waals surface area contributed by atoms with Crippen LogP contribution in [0.15, 0.2) is 10.9 Å². The molecule has 0 aromatic carbocycles. The Hall–Kier alpha value is -1.40. The fourth-order valence-corrected chi connectivity index (χ4v) is 1.74. The maximum absolute atomic E-state index is 11.3. The Labute approximate surface area is 99.8 Å². The van der Waals surface area contributed by atoms with E-state index in [2.05, 4.69) is 20.6 Å². The van der Waals surface area contributed by atoms with Gasteiger partial charge in [0.15, 0.2) is 0 Å². The lowest BCUT2D eigenvalue weighted by atomic mass is 10.3. The van der Waals surface area contributed by atoms with Gasteiger partial charge in [0, 0.05) is 32.1 Å². The number of nitrogens with zero attached hydrogens (tertiary/aromatic N) is 1. The van der Waals surface area contributed by atoms with Crippen molar-refractivity contribution < 1.29 is 4.74 Å². The molecule has 0 bridgehead atoms. The van der Waals surface area contributed by atoms with Crippen molar-refractivity contribution in [2.45, 2.75) is 19.4 Å². The van der Waals surface area contributed by atoms with E-state index in [1.165, 1.54) is 6.07 Å². The molecule has 0 aliphatic carbocycles. The van der Waals surface area contributed by atoms with Crippen molar-refractivity contribution in [3.05, 3.63) is 22.2 Å². The van der Waals surface area contributed by atoms with Crippen molar-refractivity contribution in [1.82, 2.24) is 15.3 Å². The van der Waals surface area contributed by atoms with Gasteiger partial charge in [-0.2, -0.15) is 0 Å². The van der Waals surface area contributed by atoms with Gasteiger partial charge in [0.2, 0.25) is 0 Å². The van der Waals surface area contributed by atoms with Crippen molar-refractivity contribution in [3.63, 3.8) is 0 Å². The van der Waals surface area contributed by atoms with Crippen molar-refractivity contribution in [2.24, 2.45) is 0 Å².